The average Bonchev–Trinajstić information content (AvgIpc) is 2.12. The second-order valence-corrected chi connectivity index (χ2v) is 4.06. The van der Waals surface area contributed by atoms with Gasteiger partial charge in [0.25, 0.3) is 0 Å². The van der Waals surface area contributed by atoms with Gasteiger partial charge in [-0.25, -0.2) is 0 Å². The minimum Gasteiger partial charge on any atom is -0.353 e. The highest BCUT2D eigenvalue weighted by Gasteiger charge is 1.95. The Hall–Kier alpha value is -0.570. The summed E-state index contributed by atoms with van der Waals surface area (Å²) in [7, 11) is 0. The van der Waals surface area contributed by atoms with Gasteiger partial charge in [-0.2, -0.15) is 0 Å². The van der Waals surface area contributed by atoms with Gasteiger partial charge in [0.15, 0.2) is 0 Å². The van der Waals surface area contributed by atoms with E-state index in [-0.39, 0.29) is 5.91 Å². The van der Waals surface area contributed by atoms with Crippen LogP contribution in [0.2, 0.25) is 0 Å². The molecule has 0 rings (SSSR count). The van der Waals surface area contributed by atoms with E-state index in [9.17, 15) is 4.79 Å². The van der Waals surface area contributed by atoms with E-state index in [2.05, 4.69) is 35.1 Å². The summed E-state index contributed by atoms with van der Waals surface area (Å²) in [6.07, 6.45) is 8.08. The third-order valence-electron chi connectivity index (χ3n) is 1.60. The number of carbonyl (C=O) groups excluding carboxylic acids is 1. The van der Waals surface area contributed by atoms with Crippen LogP contribution in [0.5, 0.6) is 0 Å². The first-order valence-corrected chi connectivity index (χ1v) is 5.96. The lowest BCUT2D eigenvalue weighted by atomic mass is 10.1. The lowest BCUT2D eigenvalue weighted by Gasteiger charge is -2.03. The summed E-state index contributed by atoms with van der Waals surface area (Å²) >= 11 is 3.25. The van der Waals surface area contributed by atoms with Gasteiger partial charge < -0.3 is 5.32 Å². The topological polar surface area (TPSA) is 29.1 Å². The first-order valence-electron chi connectivity index (χ1n) is 4.83. The van der Waals surface area contributed by atoms with Gasteiger partial charge in [-0.15, -0.1) is 0 Å². The van der Waals surface area contributed by atoms with Gasteiger partial charge in [0.1, 0.15) is 0 Å². The standard InChI is InChI=1S/C11H18BrNO/c1-10(2)7-9-13-11(14)6-4-3-5-8-12/h3-6,10H,7-9H2,1-2H3,(H,13,14)/b5-3-,6-4+. The fraction of sp³-hybridized carbons (Fsp3) is 0.545. The van der Waals surface area contributed by atoms with Crippen molar-refractivity contribution in [3.63, 3.8) is 0 Å². The molecular weight excluding hydrogens is 242 g/mol. The molecule has 1 N–H and O–H groups in total. The summed E-state index contributed by atoms with van der Waals surface area (Å²) in [5.41, 5.74) is 0. The number of amides is 1. The van der Waals surface area contributed by atoms with E-state index < -0.39 is 0 Å². The van der Waals surface area contributed by atoms with Gasteiger partial charge in [-0.05, 0) is 12.3 Å². The molecule has 0 aromatic rings. The number of allylic oxidation sites excluding steroid dienone is 3. The number of nitrogens with one attached hydrogen (secondary N) is 1. The zero-order valence-electron chi connectivity index (χ0n) is 8.79. The molecule has 0 aliphatic rings. The van der Waals surface area contributed by atoms with Crippen molar-refractivity contribution in [1.29, 1.82) is 0 Å². The van der Waals surface area contributed by atoms with Crippen molar-refractivity contribution in [3.8, 4) is 0 Å². The Morgan fingerprint density at radius 2 is 2.14 bits per heavy atom. The molecule has 0 heterocycles. The van der Waals surface area contributed by atoms with Crippen molar-refractivity contribution in [1.82, 2.24) is 5.32 Å². The maximum Gasteiger partial charge on any atom is 0.243 e. The van der Waals surface area contributed by atoms with Gasteiger partial charge in [0, 0.05) is 18.0 Å². The first kappa shape index (κ1) is 13.4. The Morgan fingerprint density at radius 1 is 1.43 bits per heavy atom. The highest BCUT2D eigenvalue weighted by atomic mass is 79.9. The van der Waals surface area contributed by atoms with E-state index in [1.54, 1.807) is 12.2 Å². The predicted octanol–water partition coefficient (Wildman–Crippen LogP) is 2.66. The summed E-state index contributed by atoms with van der Waals surface area (Å²) < 4.78 is 0. The number of rotatable bonds is 6. The van der Waals surface area contributed by atoms with Gasteiger partial charge in [-0.3, -0.25) is 4.79 Å². The molecule has 0 saturated carbocycles. The monoisotopic (exact) mass is 259 g/mol. The van der Waals surface area contributed by atoms with E-state index >= 15 is 0 Å². The maximum absolute atomic E-state index is 11.1. The normalized spacial score (nSPS) is 11.7. The smallest absolute Gasteiger partial charge is 0.243 e. The minimum atomic E-state index is -0.0233. The number of alkyl halides is 1. The largest absolute Gasteiger partial charge is 0.353 e. The quantitative estimate of drug-likeness (QED) is 0.444. The van der Waals surface area contributed by atoms with Gasteiger partial charge in [0.2, 0.25) is 5.91 Å². The number of hydrogen-bond acceptors (Lipinski definition) is 1. The number of carbonyl (C=O) groups is 1. The van der Waals surface area contributed by atoms with Crippen molar-refractivity contribution >= 4 is 21.8 Å². The van der Waals surface area contributed by atoms with E-state index in [0.29, 0.717) is 5.92 Å². The van der Waals surface area contributed by atoms with E-state index in [1.165, 1.54) is 0 Å². The van der Waals surface area contributed by atoms with Crippen LogP contribution in [0.25, 0.3) is 0 Å². The van der Waals surface area contributed by atoms with Crippen molar-refractivity contribution in [2.45, 2.75) is 20.3 Å². The van der Waals surface area contributed by atoms with Crippen LogP contribution in [0.4, 0.5) is 0 Å². The minimum absolute atomic E-state index is 0.0233. The lowest BCUT2D eigenvalue weighted by molar-refractivity contribution is -0.116. The molecule has 0 aliphatic carbocycles. The third kappa shape index (κ3) is 9.52. The molecule has 80 valence electrons. The Morgan fingerprint density at radius 3 is 2.71 bits per heavy atom. The Bertz CT molecular complexity index is 209. The van der Waals surface area contributed by atoms with Gasteiger partial charge in [-0.1, -0.05) is 48.0 Å². The Kier molecular flexibility index (Phi) is 8.64. The molecule has 0 unspecified atom stereocenters. The molecule has 0 saturated heterocycles. The third-order valence-corrected chi connectivity index (χ3v) is 1.98. The molecular formula is C11H18BrNO. The highest BCUT2D eigenvalue weighted by Crippen LogP contribution is 1.96. The molecule has 0 aromatic heterocycles. The molecule has 0 atom stereocenters. The molecule has 0 spiro atoms. The number of halogens is 1. The van der Waals surface area contributed by atoms with Crippen molar-refractivity contribution in [3.05, 3.63) is 24.3 Å². The van der Waals surface area contributed by atoms with Crippen LogP contribution in [-0.4, -0.2) is 17.8 Å². The summed E-state index contributed by atoms with van der Waals surface area (Å²) in [6, 6.07) is 0. The molecule has 0 radical (unpaired) electrons. The highest BCUT2D eigenvalue weighted by molar-refractivity contribution is 9.09. The van der Waals surface area contributed by atoms with E-state index in [1.807, 2.05) is 12.2 Å². The first-order chi connectivity index (χ1) is 6.66. The molecule has 3 heteroatoms. The molecule has 1 amide bonds. The second kappa shape index (κ2) is 9.00. The van der Waals surface area contributed by atoms with Crippen molar-refractivity contribution in [2.75, 3.05) is 11.9 Å². The number of hydrogen-bond donors (Lipinski definition) is 1. The van der Waals surface area contributed by atoms with Gasteiger partial charge in [0.05, 0.1) is 0 Å². The summed E-state index contributed by atoms with van der Waals surface area (Å²) in [4.78, 5) is 11.1. The average molecular weight is 260 g/mol. The van der Waals surface area contributed by atoms with E-state index in [0.717, 1.165) is 18.3 Å². The zero-order valence-corrected chi connectivity index (χ0v) is 10.4. The summed E-state index contributed by atoms with van der Waals surface area (Å²) in [6.45, 7) is 5.03. The molecule has 0 aromatic carbocycles. The van der Waals surface area contributed by atoms with E-state index in [4.69, 9.17) is 0 Å². The maximum atomic E-state index is 11.1. The second-order valence-electron chi connectivity index (χ2n) is 3.42. The fourth-order valence-corrected chi connectivity index (χ4v) is 1.03. The summed E-state index contributed by atoms with van der Waals surface area (Å²) in [5.74, 6) is 0.609. The molecule has 0 aliphatic heterocycles. The molecule has 2 nitrogen and oxygen atoms in total. The Labute approximate surface area is 94.6 Å². The van der Waals surface area contributed by atoms with Crippen LogP contribution in [-0.2, 0) is 4.79 Å². The molecule has 14 heavy (non-hydrogen) atoms. The predicted molar refractivity (Wildman–Crippen MR) is 64.5 cm³/mol. The zero-order chi connectivity index (χ0) is 10.8. The Balaban J connectivity index is 3.55. The van der Waals surface area contributed by atoms with Crippen LogP contribution in [0, 0.1) is 5.92 Å². The van der Waals surface area contributed by atoms with Crippen LogP contribution < -0.4 is 5.32 Å². The van der Waals surface area contributed by atoms with Crippen LogP contribution >= 0.6 is 15.9 Å². The molecule has 0 bridgehead atoms. The van der Waals surface area contributed by atoms with Crippen molar-refractivity contribution in [2.24, 2.45) is 5.92 Å². The molecule has 0 fully saturated rings. The van der Waals surface area contributed by atoms with Crippen molar-refractivity contribution < 1.29 is 4.79 Å². The van der Waals surface area contributed by atoms with Crippen LogP contribution in [0.15, 0.2) is 24.3 Å². The van der Waals surface area contributed by atoms with Crippen LogP contribution in [0.3, 0.4) is 0 Å². The van der Waals surface area contributed by atoms with Gasteiger partial charge >= 0.3 is 0 Å². The summed E-state index contributed by atoms with van der Waals surface area (Å²) in [5, 5.41) is 3.63. The fourth-order valence-electron chi connectivity index (χ4n) is 0.816. The van der Waals surface area contributed by atoms with Crippen LogP contribution in [0.1, 0.15) is 20.3 Å². The lowest BCUT2D eigenvalue weighted by Crippen LogP contribution is -2.23. The SMILES string of the molecule is CC(C)CCNC(=O)/C=C/C=C\CBr.